The highest BCUT2D eigenvalue weighted by molar-refractivity contribution is 5.85. The van der Waals surface area contributed by atoms with Gasteiger partial charge in [-0.05, 0) is 57.7 Å². The maximum atomic E-state index is 5.40. The molecule has 2 fully saturated rings. The van der Waals surface area contributed by atoms with Gasteiger partial charge in [0.2, 0.25) is 0 Å². The third-order valence-corrected chi connectivity index (χ3v) is 4.18. The Morgan fingerprint density at radius 2 is 1.76 bits per heavy atom. The number of methoxy groups -OCH3 is 1. The molecule has 1 N–H and O–H groups in total. The Hall–Kier alpha value is 0.170. The van der Waals surface area contributed by atoms with Crippen LogP contribution in [0, 0.1) is 5.92 Å². The van der Waals surface area contributed by atoms with E-state index in [1.54, 1.807) is 0 Å². The molecule has 0 aromatic rings. The summed E-state index contributed by atoms with van der Waals surface area (Å²) in [6.07, 6.45) is 7.14. The number of nitrogens with zero attached hydrogens (tertiary/aromatic N) is 1. The van der Waals surface area contributed by atoms with Crippen LogP contribution in [0.2, 0.25) is 0 Å². The molecule has 2 aliphatic heterocycles. The van der Waals surface area contributed by atoms with Gasteiger partial charge in [0.15, 0.2) is 0 Å². The molecule has 17 heavy (non-hydrogen) atoms. The molecule has 0 atom stereocenters. The fraction of sp³-hybridized carbons (Fsp3) is 1.00. The molecule has 0 bridgehead atoms. The summed E-state index contributed by atoms with van der Waals surface area (Å²) >= 11 is 0. The SMILES string of the molecule is COC1CCN(CCC2CCNCC2)CC1.Cl. The van der Waals surface area contributed by atoms with E-state index in [9.17, 15) is 0 Å². The first-order chi connectivity index (χ1) is 7.88. The molecule has 4 heteroatoms. The molecular formula is C13H27ClN2O. The molecule has 0 radical (unpaired) electrons. The summed E-state index contributed by atoms with van der Waals surface area (Å²) in [5.74, 6) is 0.974. The molecule has 0 spiro atoms. The molecular weight excluding hydrogens is 236 g/mol. The van der Waals surface area contributed by atoms with Crippen molar-refractivity contribution in [2.24, 2.45) is 5.92 Å². The van der Waals surface area contributed by atoms with E-state index in [0.717, 1.165) is 5.92 Å². The Balaban J connectivity index is 0.00000144. The van der Waals surface area contributed by atoms with Crippen LogP contribution in [0.15, 0.2) is 0 Å². The van der Waals surface area contributed by atoms with E-state index >= 15 is 0 Å². The normalized spacial score (nSPS) is 24.5. The van der Waals surface area contributed by atoms with Crippen molar-refractivity contribution in [2.75, 3.05) is 39.8 Å². The standard InChI is InChI=1S/C13H26N2O.ClH/c1-16-13-5-10-15(11-6-13)9-4-12-2-7-14-8-3-12;/h12-14H,2-11H2,1H3;1H. The lowest BCUT2D eigenvalue weighted by atomic mass is 9.94. The summed E-state index contributed by atoms with van der Waals surface area (Å²) in [5.41, 5.74) is 0. The Kier molecular flexibility index (Phi) is 7.44. The minimum absolute atomic E-state index is 0. The van der Waals surface area contributed by atoms with Crippen LogP contribution in [0.5, 0.6) is 0 Å². The molecule has 0 unspecified atom stereocenters. The Morgan fingerprint density at radius 3 is 2.35 bits per heavy atom. The van der Waals surface area contributed by atoms with Gasteiger partial charge in [0, 0.05) is 20.2 Å². The number of nitrogens with one attached hydrogen (secondary N) is 1. The van der Waals surface area contributed by atoms with E-state index in [4.69, 9.17) is 4.74 Å². The van der Waals surface area contributed by atoms with Crippen molar-refractivity contribution in [3.63, 3.8) is 0 Å². The van der Waals surface area contributed by atoms with Crippen LogP contribution >= 0.6 is 12.4 Å². The van der Waals surface area contributed by atoms with Gasteiger partial charge < -0.3 is 15.0 Å². The number of piperidine rings is 2. The molecule has 2 saturated heterocycles. The average molecular weight is 263 g/mol. The molecule has 2 aliphatic rings. The van der Waals surface area contributed by atoms with Gasteiger partial charge in [-0.25, -0.2) is 0 Å². The Morgan fingerprint density at radius 1 is 1.12 bits per heavy atom. The fourth-order valence-corrected chi connectivity index (χ4v) is 2.90. The summed E-state index contributed by atoms with van der Waals surface area (Å²) in [6.45, 7) is 6.25. The molecule has 102 valence electrons. The second kappa shape index (κ2) is 8.30. The van der Waals surface area contributed by atoms with E-state index in [1.165, 1.54) is 64.8 Å². The zero-order valence-electron chi connectivity index (χ0n) is 11.0. The smallest absolute Gasteiger partial charge is 0.0595 e. The highest BCUT2D eigenvalue weighted by Crippen LogP contribution is 2.18. The van der Waals surface area contributed by atoms with E-state index in [2.05, 4.69) is 10.2 Å². The van der Waals surface area contributed by atoms with Crippen LogP contribution in [0.4, 0.5) is 0 Å². The van der Waals surface area contributed by atoms with Gasteiger partial charge in [-0.3, -0.25) is 0 Å². The fourth-order valence-electron chi connectivity index (χ4n) is 2.90. The first kappa shape index (κ1) is 15.2. The van der Waals surface area contributed by atoms with Crippen LogP contribution in [0.1, 0.15) is 32.1 Å². The predicted molar refractivity (Wildman–Crippen MR) is 73.9 cm³/mol. The molecule has 0 aromatic heterocycles. The highest BCUT2D eigenvalue weighted by Gasteiger charge is 2.20. The van der Waals surface area contributed by atoms with E-state index in [-0.39, 0.29) is 12.4 Å². The topological polar surface area (TPSA) is 24.5 Å². The van der Waals surface area contributed by atoms with Gasteiger partial charge in [-0.1, -0.05) is 0 Å². The maximum Gasteiger partial charge on any atom is 0.0595 e. The van der Waals surface area contributed by atoms with E-state index in [0.29, 0.717) is 6.10 Å². The van der Waals surface area contributed by atoms with Gasteiger partial charge in [0.1, 0.15) is 0 Å². The third kappa shape index (κ3) is 5.12. The Bertz CT molecular complexity index is 190. The minimum atomic E-state index is 0. The van der Waals surface area contributed by atoms with Crippen molar-refractivity contribution in [3.05, 3.63) is 0 Å². The highest BCUT2D eigenvalue weighted by atomic mass is 35.5. The minimum Gasteiger partial charge on any atom is -0.381 e. The molecule has 0 aromatic carbocycles. The molecule has 2 rings (SSSR count). The second-order valence-corrected chi connectivity index (χ2v) is 5.26. The molecule has 0 amide bonds. The van der Waals surface area contributed by atoms with Crippen LogP contribution in [-0.2, 0) is 4.74 Å². The first-order valence-electron chi connectivity index (χ1n) is 6.84. The largest absolute Gasteiger partial charge is 0.381 e. The quantitative estimate of drug-likeness (QED) is 0.838. The molecule has 0 saturated carbocycles. The van der Waals surface area contributed by atoms with Crippen molar-refractivity contribution in [1.29, 1.82) is 0 Å². The van der Waals surface area contributed by atoms with Crippen molar-refractivity contribution in [1.82, 2.24) is 10.2 Å². The molecule has 2 heterocycles. The zero-order valence-corrected chi connectivity index (χ0v) is 11.8. The van der Waals surface area contributed by atoms with Crippen molar-refractivity contribution in [3.8, 4) is 0 Å². The lowest BCUT2D eigenvalue weighted by Crippen LogP contribution is -2.38. The number of hydrogen-bond acceptors (Lipinski definition) is 3. The number of likely N-dealkylation sites (tertiary alicyclic amines) is 1. The van der Waals surface area contributed by atoms with Crippen LogP contribution in [0.3, 0.4) is 0 Å². The lowest BCUT2D eigenvalue weighted by Gasteiger charge is -2.32. The van der Waals surface area contributed by atoms with Gasteiger partial charge in [0.05, 0.1) is 6.10 Å². The first-order valence-corrected chi connectivity index (χ1v) is 6.84. The van der Waals surface area contributed by atoms with Crippen LogP contribution in [0.25, 0.3) is 0 Å². The van der Waals surface area contributed by atoms with Crippen molar-refractivity contribution >= 4 is 12.4 Å². The van der Waals surface area contributed by atoms with Crippen LogP contribution in [-0.4, -0.2) is 50.8 Å². The summed E-state index contributed by atoms with van der Waals surface area (Å²) in [7, 11) is 1.84. The summed E-state index contributed by atoms with van der Waals surface area (Å²) in [6, 6.07) is 0. The number of hydrogen-bond donors (Lipinski definition) is 1. The van der Waals surface area contributed by atoms with Crippen molar-refractivity contribution in [2.45, 2.75) is 38.2 Å². The summed E-state index contributed by atoms with van der Waals surface area (Å²) in [5, 5.41) is 3.44. The maximum absolute atomic E-state index is 5.40. The lowest BCUT2D eigenvalue weighted by molar-refractivity contribution is 0.0392. The average Bonchev–Trinajstić information content (AvgIpc) is 2.38. The van der Waals surface area contributed by atoms with E-state index in [1.807, 2.05) is 7.11 Å². The summed E-state index contributed by atoms with van der Waals surface area (Å²) < 4.78 is 5.40. The van der Waals surface area contributed by atoms with Gasteiger partial charge >= 0.3 is 0 Å². The van der Waals surface area contributed by atoms with Gasteiger partial charge in [-0.2, -0.15) is 0 Å². The number of ether oxygens (including phenoxy) is 1. The predicted octanol–water partition coefficient (Wildman–Crippen LogP) is 1.91. The van der Waals surface area contributed by atoms with Crippen LogP contribution < -0.4 is 5.32 Å². The zero-order chi connectivity index (χ0) is 11.2. The summed E-state index contributed by atoms with van der Waals surface area (Å²) in [4.78, 5) is 2.62. The Labute approximate surface area is 112 Å². The number of halogens is 1. The second-order valence-electron chi connectivity index (χ2n) is 5.26. The monoisotopic (exact) mass is 262 g/mol. The van der Waals surface area contributed by atoms with Crippen molar-refractivity contribution < 1.29 is 4.74 Å². The molecule has 3 nitrogen and oxygen atoms in total. The molecule has 0 aliphatic carbocycles. The number of rotatable bonds is 4. The van der Waals surface area contributed by atoms with E-state index < -0.39 is 0 Å². The van der Waals surface area contributed by atoms with Gasteiger partial charge in [0.25, 0.3) is 0 Å². The third-order valence-electron chi connectivity index (χ3n) is 4.18. The van der Waals surface area contributed by atoms with Gasteiger partial charge in [-0.15, -0.1) is 12.4 Å².